The fraction of sp³-hybridized carbons (Fsp3) is 0.333. The van der Waals surface area contributed by atoms with Crippen LogP contribution in [-0.2, 0) is 24.0 Å². The van der Waals surface area contributed by atoms with Crippen LogP contribution in [0.1, 0.15) is 54.4 Å². The molecular weight excluding hydrogens is 459 g/mol. The van der Waals surface area contributed by atoms with Gasteiger partial charge in [0.05, 0.1) is 17.9 Å². The zero-order valence-electron chi connectivity index (χ0n) is 19.3. The molecule has 0 atom stereocenters. The number of rotatable bonds is 10. The molecule has 1 heterocycles. The van der Waals surface area contributed by atoms with Crippen molar-refractivity contribution >= 4 is 5.97 Å². The third kappa shape index (κ3) is 6.32. The van der Waals surface area contributed by atoms with E-state index < -0.39 is 17.7 Å². The SMILES string of the molecule is CCOc1cc(CCC(=O)O)ccc1OCc1cnc(-c2ccc(C(F)(F)F)cc2)cc1C1CC1. The number of hydrogen-bond donors (Lipinski definition) is 1. The smallest absolute Gasteiger partial charge is 0.416 e. The number of carboxylic acid groups (broad SMARTS) is 1. The molecule has 2 aromatic carbocycles. The van der Waals surface area contributed by atoms with Crippen molar-refractivity contribution in [3.8, 4) is 22.8 Å². The first-order valence-corrected chi connectivity index (χ1v) is 11.5. The van der Waals surface area contributed by atoms with E-state index in [0.29, 0.717) is 41.7 Å². The molecular formula is C27H26F3NO4. The van der Waals surface area contributed by atoms with Crippen molar-refractivity contribution in [3.05, 3.63) is 77.0 Å². The molecule has 0 spiro atoms. The topological polar surface area (TPSA) is 68.7 Å². The molecule has 0 amide bonds. The van der Waals surface area contributed by atoms with E-state index in [9.17, 15) is 18.0 Å². The van der Waals surface area contributed by atoms with E-state index in [1.54, 1.807) is 18.3 Å². The normalized spacial score (nSPS) is 13.5. The zero-order valence-corrected chi connectivity index (χ0v) is 19.3. The average molecular weight is 486 g/mol. The van der Waals surface area contributed by atoms with Gasteiger partial charge >= 0.3 is 12.1 Å². The minimum absolute atomic E-state index is 0.0352. The van der Waals surface area contributed by atoms with Gasteiger partial charge in [0.25, 0.3) is 0 Å². The maximum atomic E-state index is 12.9. The van der Waals surface area contributed by atoms with E-state index in [4.69, 9.17) is 14.6 Å². The van der Waals surface area contributed by atoms with Gasteiger partial charge in [-0.1, -0.05) is 18.2 Å². The van der Waals surface area contributed by atoms with Gasteiger partial charge in [-0.15, -0.1) is 0 Å². The van der Waals surface area contributed by atoms with Gasteiger partial charge in [-0.25, -0.2) is 0 Å². The highest BCUT2D eigenvalue weighted by atomic mass is 19.4. The Hall–Kier alpha value is -3.55. The van der Waals surface area contributed by atoms with Gasteiger partial charge in [0.2, 0.25) is 0 Å². The quantitative estimate of drug-likeness (QED) is 0.349. The number of nitrogens with zero attached hydrogens (tertiary/aromatic N) is 1. The lowest BCUT2D eigenvalue weighted by atomic mass is 10.0. The molecule has 8 heteroatoms. The van der Waals surface area contributed by atoms with Crippen LogP contribution < -0.4 is 9.47 Å². The summed E-state index contributed by atoms with van der Waals surface area (Å²) in [5, 5.41) is 8.92. The first-order valence-electron chi connectivity index (χ1n) is 11.5. The molecule has 1 fully saturated rings. The van der Waals surface area contributed by atoms with Crippen LogP contribution in [0.2, 0.25) is 0 Å². The number of carbonyl (C=O) groups is 1. The van der Waals surface area contributed by atoms with Crippen molar-refractivity contribution in [2.24, 2.45) is 0 Å². The average Bonchev–Trinajstić information content (AvgIpc) is 3.67. The summed E-state index contributed by atoms with van der Waals surface area (Å²) < 4.78 is 50.4. The summed E-state index contributed by atoms with van der Waals surface area (Å²) in [7, 11) is 0. The molecule has 1 aliphatic rings. The Bertz CT molecular complexity index is 1190. The summed E-state index contributed by atoms with van der Waals surface area (Å²) in [6, 6.07) is 12.4. The summed E-state index contributed by atoms with van der Waals surface area (Å²) in [6.45, 7) is 2.57. The van der Waals surface area contributed by atoms with Crippen molar-refractivity contribution in [1.82, 2.24) is 4.98 Å². The number of carboxylic acids is 1. The number of alkyl halides is 3. The van der Waals surface area contributed by atoms with E-state index in [1.165, 1.54) is 12.1 Å². The molecule has 0 radical (unpaired) electrons. The summed E-state index contributed by atoms with van der Waals surface area (Å²) in [6.07, 6.45) is -0.119. The molecule has 4 rings (SSSR count). The third-order valence-corrected chi connectivity index (χ3v) is 5.87. The molecule has 0 saturated heterocycles. The standard InChI is InChI=1S/C27H26F3NO4/c1-2-34-25-13-17(4-12-26(32)33)3-11-24(25)35-16-20-15-31-23(14-22(20)18-5-6-18)19-7-9-21(10-8-19)27(28,29)30/h3,7-11,13-15,18H,2,4-6,12,16H2,1H3,(H,32,33). The lowest BCUT2D eigenvalue weighted by Crippen LogP contribution is -2.05. The van der Waals surface area contributed by atoms with Gasteiger partial charge in [0, 0.05) is 23.7 Å². The number of aromatic nitrogens is 1. The summed E-state index contributed by atoms with van der Waals surface area (Å²) >= 11 is 0. The molecule has 3 aromatic rings. The van der Waals surface area contributed by atoms with Crippen LogP contribution >= 0.6 is 0 Å². The maximum Gasteiger partial charge on any atom is 0.416 e. The van der Waals surface area contributed by atoms with Crippen LogP contribution in [0.25, 0.3) is 11.3 Å². The number of hydrogen-bond acceptors (Lipinski definition) is 4. The predicted molar refractivity (Wildman–Crippen MR) is 125 cm³/mol. The lowest BCUT2D eigenvalue weighted by Gasteiger charge is -2.16. The van der Waals surface area contributed by atoms with Gasteiger partial charge in [0.1, 0.15) is 6.61 Å². The van der Waals surface area contributed by atoms with Gasteiger partial charge in [-0.2, -0.15) is 13.2 Å². The highest BCUT2D eigenvalue weighted by molar-refractivity contribution is 5.67. The molecule has 0 unspecified atom stereocenters. The minimum atomic E-state index is -4.37. The molecule has 184 valence electrons. The highest BCUT2D eigenvalue weighted by Crippen LogP contribution is 2.43. The molecule has 1 saturated carbocycles. The first kappa shape index (κ1) is 24.6. The molecule has 0 aliphatic heterocycles. The zero-order chi connectivity index (χ0) is 25.0. The second kappa shape index (κ2) is 10.4. The molecule has 35 heavy (non-hydrogen) atoms. The largest absolute Gasteiger partial charge is 0.490 e. The van der Waals surface area contributed by atoms with Crippen molar-refractivity contribution < 1.29 is 32.5 Å². The third-order valence-electron chi connectivity index (χ3n) is 5.87. The van der Waals surface area contributed by atoms with Gasteiger partial charge in [0.15, 0.2) is 11.5 Å². The second-order valence-electron chi connectivity index (χ2n) is 8.51. The van der Waals surface area contributed by atoms with E-state index in [0.717, 1.165) is 41.7 Å². The van der Waals surface area contributed by atoms with Crippen molar-refractivity contribution in [1.29, 1.82) is 0 Å². The fourth-order valence-corrected chi connectivity index (χ4v) is 3.88. The summed E-state index contributed by atoms with van der Waals surface area (Å²) in [4.78, 5) is 15.4. The van der Waals surface area contributed by atoms with Crippen molar-refractivity contribution in [2.45, 2.75) is 51.3 Å². The number of halogens is 3. The lowest BCUT2D eigenvalue weighted by molar-refractivity contribution is -0.138. The van der Waals surface area contributed by atoms with E-state index in [2.05, 4.69) is 4.98 Å². The van der Waals surface area contributed by atoms with E-state index >= 15 is 0 Å². The van der Waals surface area contributed by atoms with Crippen LogP contribution in [0.4, 0.5) is 13.2 Å². The van der Waals surface area contributed by atoms with Gasteiger partial charge in [-0.3, -0.25) is 9.78 Å². The van der Waals surface area contributed by atoms with Crippen LogP contribution in [0.5, 0.6) is 11.5 Å². The van der Waals surface area contributed by atoms with E-state index in [1.807, 2.05) is 19.1 Å². The Morgan fingerprint density at radius 2 is 1.80 bits per heavy atom. The molecule has 1 aromatic heterocycles. The molecule has 1 aliphatic carbocycles. The predicted octanol–water partition coefficient (Wildman–Crippen LogP) is 6.64. The molecule has 1 N–H and O–H groups in total. The Labute approximate surface area is 201 Å². The van der Waals surface area contributed by atoms with Crippen LogP contribution in [0.3, 0.4) is 0 Å². The summed E-state index contributed by atoms with van der Waals surface area (Å²) in [5.74, 6) is 0.634. The Balaban J connectivity index is 1.52. The second-order valence-corrected chi connectivity index (χ2v) is 8.51. The van der Waals surface area contributed by atoms with E-state index in [-0.39, 0.29) is 13.0 Å². The minimum Gasteiger partial charge on any atom is -0.490 e. The molecule has 0 bridgehead atoms. The van der Waals surface area contributed by atoms with Crippen LogP contribution in [0.15, 0.2) is 54.7 Å². The van der Waals surface area contributed by atoms with Gasteiger partial charge in [-0.05, 0) is 73.6 Å². The number of aryl methyl sites for hydroxylation is 1. The van der Waals surface area contributed by atoms with Crippen LogP contribution in [0, 0.1) is 0 Å². The number of benzene rings is 2. The first-order chi connectivity index (χ1) is 16.7. The number of aliphatic carboxylic acids is 1. The van der Waals surface area contributed by atoms with Gasteiger partial charge < -0.3 is 14.6 Å². The van der Waals surface area contributed by atoms with Crippen molar-refractivity contribution in [3.63, 3.8) is 0 Å². The monoisotopic (exact) mass is 485 g/mol. The fourth-order valence-electron chi connectivity index (χ4n) is 3.88. The Morgan fingerprint density at radius 1 is 1.06 bits per heavy atom. The van der Waals surface area contributed by atoms with Crippen molar-refractivity contribution in [2.75, 3.05) is 6.61 Å². The Morgan fingerprint density at radius 3 is 2.43 bits per heavy atom. The summed E-state index contributed by atoms with van der Waals surface area (Å²) in [5.41, 5.74) is 3.42. The molecule has 5 nitrogen and oxygen atoms in total. The Kier molecular flexibility index (Phi) is 7.28. The number of pyridine rings is 1. The number of ether oxygens (including phenoxy) is 2. The highest BCUT2D eigenvalue weighted by Gasteiger charge is 2.30. The van der Waals surface area contributed by atoms with Crippen LogP contribution in [-0.4, -0.2) is 22.7 Å². The maximum absolute atomic E-state index is 12.9.